The largest absolute Gasteiger partial charge is 0.318 e. The molecular weight excluding hydrogens is 393 g/mol. The maximum atomic E-state index is 11.9. The standard InChI is InChI=1S/C9H16Cl6N4O/c1-18(2)5(8(10,11)12)16-7(20)17-6(19(3)4)9(13,14)15/h5-6H,1-4H3,(H2,16,17,20)/t5-,6-/m0/s1. The average Bonchev–Trinajstić information content (AvgIpc) is 2.18. The molecule has 2 N–H and O–H groups in total. The van der Waals surface area contributed by atoms with Crippen LogP contribution in [0, 0.1) is 0 Å². The van der Waals surface area contributed by atoms with Gasteiger partial charge in [0.2, 0.25) is 7.59 Å². The zero-order valence-corrected chi connectivity index (χ0v) is 15.8. The molecule has 0 saturated carbocycles. The molecular formula is C9H16Cl6N4O. The van der Waals surface area contributed by atoms with E-state index in [1.165, 1.54) is 9.80 Å². The number of carbonyl (C=O) groups is 1. The highest BCUT2D eigenvalue weighted by Gasteiger charge is 2.39. The maximum Gasteiger partial charge on any atom is 0.317 e. The lowest BCUT2D eigenvalue weighted by molar-refractivity contribution is 0.190. The van der Waals surface area contributed by atoms with Crippen molar-refractivity contribution in [2.75, 3.05) is 28.2 Å². The summed E-state index contributed by atoms with van der Waals surface area (Å²) in [4.78, 5) is 15.0. The number of halogens is 6. The summed E-state index contributed by atoms with van der Waals surface area (Å²) in [6.45, 7) is 0. The van der Waals surface area contributed by atoms with Crippen molar-refractivity contribution in [3.8, 4) is 0 Å². The second-order valence-corrected chi connectivity index (χ2v) is 9.17. The molecule has 2 amide bonds. The van der Waals surface area contributed by atoms with E-state index < -0.39 is 25.9 Å². The minimum absolute atomic E-state index is 0.639. The van der Waals surface area contributed by atoms with Gasteiger partial charge in [-0.2, -0.15) is 0 Å². The third-order valence-electron chi connectivity index (χ3n) is 2.19. The molecule has 0 aliphatic carbocycles. The molecule has 0 rings (SSSR count). The molecule has 20 heavy (non-hydrogen) atoms. The van der Waals surface area contributed by atoms with E-state index in [0.717, 1.165) is 0 Å². The summed E-state index contributed by atoms with van der Waals surface area (Å²) in [7, 11) is 6.58. The molecule has 0 aromatic heterocycles. The van der Waals surface area contributed by atoms with Crippen molar-refractivity contribution in [3.05, 3.63) is 0 Å². The first-order chi connectivity index (χ1) is 8.76. The van der Waals surface area contributed by atoms with Crippen molar-refractivity contribution in [2.45, 2.75) is 19.9 Å². The Balaban J connectivity index is 4.84. The van der Waals surface area contributed by atoms with Gasteiger partial charge in [0.1, 0.15) is 12.3 Å². The smallest absolute Gasteiger partial charge is 0.317 e. The molecule has 0 aromatic carbocycles. The Morgan fingerprint density at radius 2 is 1.05 bits per heavy atom. The van der Waals surface area contributed by atoms with Gasteiger partial charge >= 0.3 is 6.03 Å². The van der Waals surface area contributed by atoms with Crippen molar-refractivity contribution in [2.24, 2.45) is 0 Å². The Kier molecular flexibility index (Phi) is 8.34. The summed E-state index contributed by atoms with van der Waals surface area (Å²) in [5, 5.41) is 4.98. The van der Waals surface area contributed by atoms with E-state index in [2.05, 4.69) is 10.6 Å². The Bertz CT molecular complexity index is 297. The lowest BCUT2D eigenvalue weighted by Gasteiger charge is -2.34. The quantitative estimate of drug-likeness (QED) is 0.555. The number of rotatable bonds is 4. The van der Waals surface area contributed by atoms with Crippen LogP contribution >= 0.6 is 69.6 Å². The second kappa shape index (κ2) is 7.97. The van der Waals surface area contributed by atoms with Crippen LogP contribution < -0.4 is 10.6 Å². The topological polar surface area (TPSA) is 47.6 Å². The summed E-state index contributed by atoms with van der Waals surface area (Å²) in [5.41, 5.74) is 0. The fourth-order valence-corrected chi connectivity index (χ4v) is 2.80. The van der Waals surface area contributed by atoms with Gasteiger partial charge in [0.05, 0.1) is 0 Å². The number of amides is 2. The lowest BCUT2D eigenvalue weighted by Crippen LogP contribution is -2.60. The van der Waals surface area contributed by atoms with Crippen molar-refractivity contribution in [3.63, 3.8) is 0 Å². The Hall–Kier alpha value is 0.930. The highest BCUT2D eigenvalue weighted by atomic mass is 35.6. The highest BCUT2D eigenvalue weighted by molar-refractivity contribution is 6.68. The van der Waals surface area contributed by atoms with Gasteiger partial charge in [-0.15, -0.1) is 0 Å². The zero-order valence-electron chi connectivity index (χ0n) is 11.2. The van der Waals surface area contributed by atoms with Crippen LogP contribution in [0.3, 0.4) is 0 Å². The van der Waals surface area contributed by atoms with Crippen LogP contribution in [0.4, 0.5) is 4.79 Å². The Morgan fingerprint density at radius 3 is 1.20 bits per heavy atom. The van der Waals surface area contributed by atoms with Crippen molar-refractivity contribution in [1.29, 1.82) is 0 Å². The van der Waals surface area contributed by atoms with E-state index in [-0.39, 0.29) is 0 Å². The predicted octanol–water partition coefficient (Wildman–Crippen LogP) is 2.80. The molecule has 0 aliphatic rings. The van der Waals surface area contributed by atoms with E-state index in [1.807, 2.05) is 0 Å². The monoisotopic (exact) mass is 406 g/mol. The molecule has 0 aromatic rings. The number of carbonyl (C=O) groups excluding carboxylic acids is 1. The SMILES string of the molecule is CN(C)[C@H](NC(=O)N[C@@H](N(C)C)C(Cl)(Cl)Cl)C(Cl)(Cl)Cl. The van der Waals surface area contributed by atoms with E-state index in [1.54, 1.807) is 28.2 Å². The van der Waals surface area contributed by atoms with Gasteiger partial charge in [0.15, 0.2) is 0 Å². The van der Waals surface area contributed by atoms with Crippen LogP contribution in [0.25, 0.3) is 0 Å². The normalized spacial score (nSPS) is 16.2. The van der Waals surface area contributed by atoms with Crippen LogP contribution in [-0.2, 0) is 0 Å². The summed E-state index contributed by atoms with van der Waals surface area (Å²) < 4.78 is -3.43. The van der Waals surface area contributed by atoms with E-state index >= 15 is 0 Å². The summed E-state index contributed by atoms with van der Waals surface area (Å²) in [5.74, 6) is 0. The highest BCUT2D eigenvalue weighted by Crippen LogP contribution is 2.32. The van der Waals surface area contributed by atoms with Crippen molar-refractivity contribution in [1.82, 2.24) is 20.4 Å². The molecule has 0 aliphatic heterocycles. The van der Waals surface area contributed by atoms with E-state index in [9.17, 15) is 4.79 Å². The number of alkyl halides is 6. The molecule has 0 radical (unpaired) electrons. The minimum atomic E-state index is -1.71. The first-order valence-corrected chi connectivity index (χ1v) is 7.57. The molecule has 0 fully saturated rings. The maximum absolute atomic E-state index is 11.9. The zero-order chi connectivity index (χ0) is 16.3. The van der Waals surface area contributed by atoms with Crippen LogP contribution in [0.15, 0.2) is 0 Å². The van der Waals surface area contributed by atoms with Gasteiger partial charge < -0.3 is 10.6 Å². The number of nitrogens with one attached hydrogen (secondary N) is 2. The predicted molar refractivity (Wildman–Crippen MR) is 87.2 cm³/mol. The fraction of sp³-hybridized carbons (Fsp3) is 0.889. The van der Waals surface area contributed by atoms with Crippen LogP contribution in [0.2, 0.25) is 0 Å². The van der Waals surface area contributed by atoms with Crippen LogP contribution in [0.5, 0.6) is 0 Å². The number of nitrogens with zero attached hydrogens (tertiary/aromatic N) is 2. The fourth-order valence-electron chi connectivity index (χ4n) is 1.30. The summed E-state index contributed by atoms with van der Waals surface area (Å²) >= 11 is 34.7. The lowest BCUT2D eigenvalue weighted by atomic mass is 10.4. The molecule has 0 heterocycles. The Labute approximate surface area is 148 Å². The van der Waals surface area contributed by atoms with E-state index in [0.29, 0.717) is 0 Å². The van der Waals surface area contributed by atoms with Gasteiger partial charge in [-0.05, 0) is 28.2 Å². The molecule has 11 heteroatoms. The van der Waals surface area contributed by atoms with Gasteiger partial charge in [-0.25, -0.2) is 4.79 Å². The van der Waals surface area contributed by atoms with E-state index in [4.69, 9.17) is 69.6 Å². The van der Waals surface area contributed by atoms with Crippen LogP contribution in [-0.4, -0.2) is 63.9 Å². The van der Waals surface area contributed by atoms with Gasteiger partial charge in [0, 0.05) is 0 Å². The molecule has 0 unspecified atom stereocenters. The summed E-state index contributed by atoms with van der Waals surface area (Å²) in [6, 6.07) is -0.639. The molecule has 5 nitrogen and oxygen atoms in total. The molecule has 0 bridgehead atoms. The third-order valence-corrected chi connectivity index (χ3v) is 3.43. The minimum Gasteiger partial charge on any atom is -0.318 e. The van der Waals surface area contributed by atoms with Crippen molar-refractivity contribution < 1.29 is 4.79 Å². The summed E-state index contributed by atoms with van der Waals surface area (Å²) in [6.07, 6.45) is -1.71. The van der Waals surface area contributed by atoms with Gasteiger partial charge in [-0.3, -0.25) is 9.80 Å². The first-order valence-electron chi connectivity index (χ1n) is 5.30. The van der Waals surface area contributed by atoms with Crippen LogP contribution in [0.1, 0.15) is 0 Å². The number of urea groups is 1. The molecule has 0 spiro atoms. The average molecular weight is 409 g/mol. The second-order valence-electron chi connectivity index (χ2n) is 4.43. The molecule has 120 valence electrons. The molecule has 2 atom stereocenters. The van der Waals surface area contributed by atoms with Gasteiger partial charge in [-0.1, -0.05) is 69.6 Å². The van der Waals surface area contributed by atoms with Gasteiger partial charge in [0.25, 0.3) is 0 Å². The van der Waals surface area contributed by atoms with Crippen molar-refractivity contribution >= 4 is 75.6 Å². The molecule has 0 saturated heterocycles. The third kappa shape index (κ3) is 7.27. The number of hydrogen-bond donors (Lipinski definition) is 2. The number of hydrogen-bond acceptors (Lipinski definition) is 3. The Morgan fingerprint density at radius 1 is 0.800 bits per heavy atom. The first kappa shape index (κ1) is 20.9.